The van der Waals surface area contributed by atoms with Gasteiger partial charge in [0.05, 0.1) is 12.2 Å². The van der Waals surface area contributed by atoms with Crippen molar-refractivity contribution >= 4 is 11.8 Å². The minimum atomic E-state index is -0.717. The van der Waals surface area contributed by atoms with Crippen molar-refractivity contribution < 1.29 is 19.4 Å². The van der Waals surface area contributed by atoms with Crippen LogP contribution in [0, 0.1) is 0 Å². The van der Waals surface area contributed by atoms with Crippen LogP contribution in [0.3, 0.4) is 0 Å². The van der Waals surface area contributed by atoms with E-state index in [0.717, 1.165) is 44.9 Å². The number of Topliss-reactive ketones (excluding diaryl/α,β-unsaturated/α-hetero) is 1. The second-order valence-corrected chi connectivity index (χ2v) is 6.45. The summed E-state index contributed by atoms with van der Waals surface area (Å²) in [7, 11) is 0. The fourth-order valence-electron chi connectivity index (χ4n) is 2.84. The zero-order valence-corrected chi connectivity index (χ0v) is 14.0. The van der Waals surface area contributed by atoms with E-state index in [4.69, 9.17) is 9.84 Å². The fourth-order valence-corrected chi connectivity index (χ4v) is 2.84. The number of carboxylic acids is 1. The van der Waals surface area contributed by atoms with Gasteiger partial charge in [0.15, 0.2) is 0 Å². The molecule has 0 aromatic rings. The number of unbranched alkanes of at least 4 members (excludes halogenated alkanes) is 6. The molecule has 1 saturated heterocycles. The van der Waals surface area contributed by atoms with Crippen LogP contribution in [0.1, 0.15) is 90.4 Å². The Labute approximate surface area is 134 Å². The zero-order chi connectivity index (χ0) is 16.2. The van der Waals surface area contributed by atoms with Crippen LogP contribution in [0.2, 0.25) is 0 Å². The van der Waals surface area contributed by atoms with Crippen LogP contribution in [0.5, 0.6) is 0 Å². The molecule has 0 unspecified atom stereocenters. The number of carbonyl (C=O) groups is 2. The standard InChI is InChI=1S/C18H32O4/c1-2-3-7-11-16-17(22-16)14-13-15(19)10-8-5-4-6-9-12-18(20)21/h16-17H,2-14H2,1H3,(H,20,21)/t16-,17-/m0/s1. The maximum absolute atomic E-state index is 11.8. The van der Waals surface area contributed by atoms with E-state index < -0.39 is 5.97 Å². The highest BCUT2D eigenvalue weighted by Gasteiger charge is 2.37. The van der Waals surface area contributed by atoms with Crippen molar-refractivity contribution in [2.24, 2.45) is 0 Å². The summed E-state index contributed by atoms with van der Waals surface area (Å²) in [5.41, 5.74) is 0. The first-order chi connectivity index (χ1) is 10.6. The summed E-state index contributed by atoms with van der Waals surface area (Å²) in [4.78, 5) is 22.1. The Kier molecular flexibility index (Phi) is 10.1. The predicted molar refractivity (Wildman–Crippen MR) is 87.0 cm³/mol. The first-order valence-corrected chi connectivity index (χ1v) is 9.02. The molecule has 0 aromatic heterocycles. The summed E-state index contributed by atoms with van der Waals surface area (Å²) in [5.74, 6) is -0.362. The van der Waals surface area contributed by atoms with E-state index in [1.54, 1.807) is 0 Å². The highest BCUT2D eigenvalue weighted by molar-refractivity contribution is 5.78. The Morgan fingerprint density at radius 2 is 1.45 bits per heavy atom. The summed E-state index contributed by atoms with van der Waals surface area (Å²) in [6, 6.07) is 0. The lowest BCUT2D eigenvalue weighted by Crippen LogP contribution is -2.02. The number of hydrogen-bond acceptors (Lipinski definition) is 3. The molecular formula is C18H32O4. The normalized spacial score (nSPS) is 20.0. The highest BCUT2D eigenvalue weighted by atomic mass is 16.6. The summed E-state index contributed by atoms with van der Waals surface area (Å²) in [6.07, 6.45) is 12.9. The molecule has 0 aliphatic carbocycles. The van der Waals surface area contributed by atoms with E-state index in [-0.39, 0.29) is 6.42 Å². The second-order valence-electron chi connectivity index (χ2n) is 6.45. The highest BCUT2D eigenvalue weighted by Crippen LogP contribution is 2.31. The minimum Gasteiger partial charge on any atom is -0.481 e. The molecule has 0 aromatic carbocycles. The SMILES string of the molecule is CCCCC[C@@H]1O[C@H]1CCC(=O)CCCCCCCC(=O)O. The van der Waals surface area contributed by atoms with E-state index in [0.29, 0.717) is 30.8 Å². The van der Waals surface area contributed by atoms with Gasteiger partial charge >= 0.3 is 5.97 Å². The molecule has 0 saturated carbocycles. The van der Waals surface area contributed by atoms with Gasteiger partial charge in [-0.05, 0) is 25.7 Å². The van der Waals surface area contributed by atoms with Crippen molar-refractivity contribution in [2.45, 2.75) is 103 Å². The topological polar surface area (TPSA) is 66.9 Å². The first-order valence-electron chi connectivity index (χ1n) is 9.02. The van der Waals surface area contributed by atoms with Crippen molar-refractivity contribution in [3.8, 4) is 0 Å². The van der Waals surface area contributed by atoms with Crippen molar-refractivity contribution in [1.82, 2.24) is 0 Å². The molecule has 1 rings (SSSR count). The number of epoxide rings is 1. The molecule has 0 radical (unpaired) electrons. The first kappa shape index (κ1) is 19.1. The summed E-state index contributed by atoms with van der Waals surface area (Å²) >= 11 is 0. The molecule has 22 heavy (non-hydrogen) atoms. The van der Waals surface area contributed by atoms with Crippen LogP contribution in [-0.4, -0.2) is 29.1 Å². The van der Waals surface area contributed by atoms with Crippen LogP contribution in [0.4, 0.5) is 0 Å². The molecule has 1 fully saturated rings. The third kappa shape index (κ3) is 9.93. The number of hydrogen-bond donors (Lipinski definition) is 1. The third-order valence-corrected chi connectivity index (χ3v) is 4.33. The number of aliphatic carboxylic acids is 1. The minimum absolute atomic E-state index is 0.264. The van der Waals surface area contributed by atoms with E-state index in [2.05, 4.69) is 6.92 Å². The summed E-state index contributed by atoms with van der Waals surface area (Å²) in [6.45, 7) is 2.20. The Hall–Kier alpha value is -0.900. The summed E-state index contributed by atoms with van der Waals surface area (Å²) in [5, 5.41) is 8.52. The molecule has 4 heteroatoms. The van der Waals surface area contributed by atoms with Crippen molar-refractivity contribution in [1.29, 1.82) is 0 Å². The lowest BCUT2D eigenvalue weighted by molar-refractivity contribution is -0.137. The van der Waals surface area contributed by atoms with Crippen LogP contribution in [0.15, 0.2) is 0 Å². The molecule has 128 valence electrons. The quantitative estimate of drug-likeness (QED) is 0.357. The number of ketones is 1. The van der Waals surface area contributed by atoms with Gasteiger partial charge in [-0.15, -0.1) is 0 Å². The largest absolute Gasteiger partial charge is 0.481 e. The Balaban J connectivity index is 1.85. The maximum Gasteiger partial charge on any atom is 0.303 e. The molecule has 1 aliphatic rings. The molecule has 4 nitrogen and oxygen atoms in total. The van der Waals surface area contributed by atoms with Crippen LogP contribution in [-0.2, 0) is 14.3 Å². The zero-order valence-electron chi connectivity index (χ0n) is 14.0. The predicted octanol–water partition coefficient (Wildman–Crippen LogP) is 4.50. The monoisotopic (exact) mass is 312 g/mol. The van der Waals surface area contributed by atoms with E-state index in [9.17, 15) is 9.59 Å². The second kappa shape index (κ2) is 11.6. The maximum atomic E-state index is 11.8. The van der Waals surface area contributed by atoms with Gasteiger partial charge in [-0.1, -0.05) is 45.4 Å². The molecule has 2 atom stereocenters. The van der Waals surface area contributed by atoms with Gasteiger partial charge in [-0.3, -0.25) is 9.59 Å². The van der Waals surface area contributed by atoms with E-state index >= 15 is 0 Å². The van der Waals surface area contributed by atoms with Crippen LogP contribution >= 0.6 is 0 Å². The molecule has 1 N–H and O–H groups in total. The number of carbonyl (C=O) groups excluding carboxylic acids is 1. The molecule has 0 bridgehead atoms. The molecule has 1 aliphatic heterocycles. The molecule has 0 spiro atoms. The Morgan fingerprint density at radius 3 is 2.14 bits per heavy atom. The summed E-state index contributed by atoms with van der Waals surface area (Å²) < 4.78 is 5.60. The van der Waals surface area contributed by atoms with Crippen molar-refractivity contribution in [3.05, 3.63) is 0 Å². The van der Waals surface area contributed by atoms with Crippen LogP contribution in [0.25, 0.3) is 0 Å². The third-order valence-electron chi connectivity index (χ3n) is 4.33. The van der Waals surface area contributed by atoms with Gasteiger partial charge in [0.1, 0.15) is 5.78 Å². The molecule has 0 amide bonds. The molecule has 1 heterocycles. The average molecular weight is 312 g/mol. The van der Waals surface area contributed by atoms with Gasteiger partial charge in [-0.25, -0.2) is 0 Å². The van der Waals surface area contributed by atoms with E-state index in [1.807, 2.05) is 0 Å². The van der Waals surface area contributed by atoms with Gasteiger partial charge in [0.2, 0.25) is 0 Å². The number of carboxylic acid groups (broad SMARTS) is 1. The van der Waals surface area contributed by atoms with Gasteiger partial charge in [0.25, 0.3) is 0 Å². The van der Waals surface area contributed by atoms with Gasteiger partial charge < -0.3 is 9.84 Å². The Bertz CT molecular complexity index is 327. The van der Waals surface area contributed by atoms with Crippen molar-refractivity contribution in [2.75, 3.05) is 0 Å². The average Bonchev–Trinajstić information content (AvgIpc) is 3.22. The van der Waals surface area contributed by atoms with Crippen LogP contribution < -0.4 is 0 Å². The number of rotatable bonds is 15. The molecular weight excluding hydrogens is 280 g/mol. The van der Waals surface area contributed by atoms with Gasteiger partial charge in [0, 0.05) is 19.3 Å². The fraction of sp³-hybridized carbons (Fsp3) is 0.889. The van der Waals surface area contributed by atoms with Crippen molar-refractivity contribution in [3.63, 3.8) is 0 Å². The lowest BCUT2D eigenvalue weighted by atomic mass is 10.0. The Morgan fingerprint density at radius 1 is 0.818 bits per heavy atom. The lowest BCUT2D eigenvalue weighted by Gasteiger charge is -2.01. The van der Waals surface area contributed by atoms with Gasteiger partial charge in [-0.2, -0.15) is 0 Å². The smallest absolute Gasteiger partial charge is 0.303 e. The number of ether oxygens (including phenoxy) is 1. The van der Waals surface area contributed by atoms with E-state index in [1.165, 1.54) is 19.3 Å².